The van der Waals surface area contributed by atoms with E-state index < -0.39 is 16.9 Å². The molecule has 2 fully saturated rings. The van der Waals surface area contributed by atoms with Gasteiger partial charge in [-0.15, -0.1) is 0 Å². The zero-order valence-electron chi connectivity index (χ0n) is 22.9. The lowest BCUT2D eigenvalue weighted by Gasteiger charge is -2.43. The molecule has 2 unspecified atom stereocenters. The number of ketones is 1. The Bertz CT molecular complexity index is 1110. The molecule has 2 aromatic carbocycles. The molecule has 1 spiro atoms. The summed E-state index contributed by atoms with van der Waals surface area (Å²) in [5.74, 6) is -0.823. The van der Waals surface area contributed by atoms with E-state index in [0.29, 0.717) is 32.8 Å². The number of hydrogen-bond acceptors (Lipinski definition) is 5. The van der Waals surface area contributed by atoms with Gasteiger partial charge >= 0.3 is 0 Å². The molecule has 2 N–H and O–H groups in total. The Kier molecular flexibility index (Phi) is 8.68. The van der Waals surface area contributed by atoms with Crippen molar-refractivity contribution in [2.75, 3.05) is 32.8 Å². The Morgan fingerprint density at radius 1 is 1.11 bits per heavy atom. The van der Waals surface area contributed by atoms with Crippen molar-refractivity contribution in [3.05, 3.63) is 71.8 Å². The van der Waals surface area contributed by atoms with E-state index in [-0.39, 0.29) is 36.5 Å². The van der Waals surface area contributed by atoms with Crippen molar-refractivity contribution >= 4 is 17.6 Å². The van der Waals surface area contributed by atoms with Crippen LogP contribution >= 0.6 is 0 Å². The Hall–Kier alpha value is -3.03. The predicted octanol–water partition coefficient (Wildman–Crippen LogP) is 3.77. The van der Waals surface area contributed by atoms with Gasteiger partial charge in [-0.05, 0) is 44.7 Å². The average molecular weight is 520 g/mol. The van der Waals surface area contributed by atoms with Crippen LogP contribution in [0.15, 0.2) is 60.7 Å². The molecule has 3 atom stereocenters. The summed E-state index contributed by atoms with van der Waals surface area (Å²) in [4.78, 5) is 44.4. The van der Waals surface area contributed by atoms with Gasteiger partial charge in [0.05, 0.1) is 30.1 Å². The zero-order valence-corrected chi connectivity index (χ0v) is 22.9. The highest BCUT2D eigenvalue weighted by molar-refractivity contribution is 5.93. The molecule has 38 heavy (non-hydrogen) atoms. The maximum Gasteiger partial charge on any atom is 0.231 e. The first kappa shape index (κ1) is 28.0. The molecule has 0 saturated carbocycles. The van der Waals surface area contributed by atoms with Gasteiger partial charge in [-0.2, -0.15) is 0 Å². The van der Waals surface area contributed by atoms with Crippen molar-refractivity contribution < 1.29 is 19.1 Å². The molecule has 2 amide bonds. The second-order valence-corrected chi connectivity index (χ2v) is 11.4. The maximum atomic E-state index is 14.0. The fourth-order valence-electron chi connectivity index (χ4n) is 5.91. The lowest BCUT2D eigenvalue weighted by molar-refractivity contribution is -0.148. The minimum atomic E-state index is -1.04. The molecule has 0 radical (unpaired) electrons. The van der Waals surface area contributed by atoms with Crippen LogP contribution in [-0.2, 0) is 25.7 Å². The van der Waals surface area contributed by atoms with Crippen LogP contribution in [0.1, 0.15) is 57.1 Å². The van der Waals surface area contributed by atoms with Crippen molar-refractivity contribution in [1.82, 2.24) is 9.80 Å². The van der Waals surface area contributed by atoms with Crippen molar-refractivity contribution in [2.45, 2.75) is 58.1 Å². The first-order valence-corrected chi connectivity index (χ1v) is 13.7. The third kappa shape index (κ3) is 6.00. The number of Topliss-reactive ketones (excluding diaryl/α,β-unsaturated/α-hetero) is 1. The average Bonchev–Trinajstić information content (AvgIpc) is 3.18. The topological polar surface area (TPSA) is 92.9 Å². The Labute approximate surface area is 226 Å². The Morgan fingerprint density at radius 3 is 2.39 bits per heavy atom. The molecule has 2 aromatic rings. The van der Waals surface area contributed by atoms with Crippen LogP contribution in [0.2, 0.25) is 0 Å². The summed E-state index contributed by atoms with van der Waals surface area (Å²) >= 11 is 0. The molecule has 7 heteroatoms. The third-order valence-electron chi connectivity index (χ3n) is 8.13. The number of carbonyl (C=O) groups is 3. The molecule has 7 nitrogen and oxygen atoms in total. The van der Waals surface area contributed by atoms with Crippen LogP contribution in [0.3, 0.4) is 0 Å². The SMILES string of the molecule is CCN1CC(c2ccccc2)C2(CCCN(C(=O)[C@@H](COCc3ccccc3)CC(=O)C(C)(C)N)C2)C1=O. The fourth-order valence-corrected chi connectivity index (χ4v) is 5.91. The molecular formula is C31H41N3O4. The van der Waals surface area contributed by atoms with Crippen LogP contribution in [0.5, 0.6) is 0 Å². The maximum absolute atomic E-state index is 14.0. The highest BCUT2D eigenvalue weighted by Gasteiger charge is 2.56. The third-order valence-corrected chi connectivity index (χ3v) is 8.13. The van der Waals surface area contributed by atoms with E-state index >= 15 is 0 Å². The van der Waals surface area contributed by atoms with Crippen LogP contribution in [0.4, 0.5) is 0 Å². The van der Waals surface area contributed by atoms with E-state index in [1.165, 1.54) is 0 Å². The number of likely N-dealkylation sites (N-methyl/N-ethyl adjacent to an activating group) is 1. The lowest BCUT2D eigenvalue weighted by atomic mass is 9.69. The number of piperidine rings is 1. The van der Waals surface area contributed by atoms with Gasteiger partial charge in [0.15, 0.2) is 5.78 Å². The van der Waals surface area contributed by atoms with Gasteiger partial charge in [-0.3, -0.25) is 14.4 Å². The van der Waals surface area contributed by atoms with Gasteiger partial charge < -0.3 is 20.3 Å². The molecule has 2 heterocycles. The van der Waals surface area contributed by atoms with Gasteiger partial charge in [0, 0.05) is 38.5 Å². The summed E-state index contributed by atoms with van der Waals surface area (Å²) in [5.41, 5.74) is 6.53. The summed E-state index contributed by atoms with van der Waals surface area (Å²) < 4.78 is 5.95. The van der Waals surface area contributed by atoms with Gasteiger partial charge in [0.1, 0.15) is 0 Å². The quantitative estimate of drug-likeness (QED) is 0.516. The van der Waals surface area contributed by atoms with Crippen molar-refractivity contribution in [3.8, 4) is 0 Å². The van der Waals surface area contributed by atoms with Crippen LogP contribution in [0.25, 0.3) is 0 Å². The molecule has 2 aliphatic rings. The van der Waals surface area contributed by atoms with E-state index in [0.717, 1.165) is 24.0 Å². The number of hydrogen-bond donors (Lipinski definition) is 1. The summed E-state index contributed by atoms with van der Waals surface area (Å²) in [6.45, 7) is 8.04. The number of ether oxygens (including phenoxy) is 1. The molecule has 0 aliphatic carbocycles. The van der Waals surface area contributed by atoms with E-state index in [1.54, 1.807) is 13.8 Å². The van der Waals surface area contributed by atoms with Crippen LogP contribution < -0.4 is 5.73 Å². The summed E-state index contributed by atoms with van der Waals surface area (Å²) in [5, 5.41) is 0. The second kappa shape index (κ2) is 11.8. The number of amides is 2. The molecule has 204 valence electrons. The van der Waals surface area contributed by atoms with Crippen LogP contribution in [-0.4, -0.2) is 65.7 Å². The van der Waals surface area contributed by atoms with Crippen molar-refractivity contribution in [1.29, 1.82) is 0 Å². The minimum absolute atomic E-state index is 0.0117. The lowest BCUT2D eigenvalue weighted by Crippen LogP contribution is -2.54. The molecule has 4 rings (SSSR count). The first-order chi connectivity index (χ1) is 18.2. The molecule has 2 aliphatic heterocycles. The standard InChI is InChI=1S/C31H41N3O4/c1-4-33-19-26(24-14-9-6-10-15-24)31(29(33)37)16-11-17-34(22-31)28(36)25(18-27(35)30(2,3)32)21-38-20-23-12-7-5-8-13-23/h5-10,12-15,25-26H,4,11,16-22,32H2,1-3H3/t25-,26?,31?/m1/s1. The van der Waals surface area contributed by atoms with E-state index in [9.17, 15) is 14.4 Å². The summed E-state index contributed by atoms with van der Waals surface area (Å²) in [7, 11) is 0. The molecular weight excluding hydrogens is 478 g/mol. The monoisotopic (exact) mass is 519 g/mol. The first-order valence-electron chi connectivity index (χ1n) is 13.7. The highest BCUT2D eigenvalue weighted by Crippen LogP contribution is 2.49. The number of nitrogens with two attached hydrogens (primary N) is 1. The van der Waals surface area contributed by atoms with Crippen molar-refractivity contribution in [2.24, 2.45) is 17.1 Å². The highest BCUT2D eigenvalue weighted by atomic mass is 16.5. The van der Waals surface area contributed by atoms with Crippen LogP contribution in [0, 0.1) is 11.3 Å². The number of rotatable bonds is 10. The van der Waals surface area contributed by atoms with E-state index in [2.05, 4.69) is 12.1 Å². The smallest absolute Gasteiger partial charge is 0.231 e. The van der Waals surface area contributed by atoms with Gasteiger partial charge in [-0.25, -0.2) is 0 Å². The van der Waals surface area contributed by atoms with Gasteiger partial charge in [0.25, 0.3) is 0 Å². The Morgan fingerprint density at radius 2 is 1.76 bits per heavy atom. The summed E-state index contributed by atoms with van der Waals surface area (Å²) in [6, 6.07) is 19.9. The van der Waals surface area contributed by atoms with Gasteiger partial charge in [0.2, 0.25) is 11.8 Å². The normalized spacial score (nSPS) is 22.6. The predicted molar refractivity (Wildman–Crippen MR) is 147 cm³/mol. The number of likely N-dealkylation sites (tertiary alicyclic amines) is 2. The largest absolute Gasteiger partial charge is 0.376 e. The molecule has 0 bridgehead atoms. The van der Waals surface area contributed by atoms with E-state index in [4.69, 9.17) is 10.5 Å². The fraction of sp³-hybridized carbons (Fsp3) is 0.516. The second-order valence-electron chi connectivity index (χ2n) is 11.4. The number of benzene rings is 2. The number of nitrogens with zero attached hydrogens (tertiary/aromatic N) is 2. The minimum Gasteiger partial charge on any atom is -0.376 e. The zero-order chi connectivity index (χ0) is 27.3. The Balaban J connectivity index is 1.55. The molecule has 2 saturated heterocycles. The van der Waals surface area contributed by atoms with Gasteiger partial charge in [-0.1, -0.05) is 60.7 Å². The summed E-state index contributed by atoms with van der Waals surface area (Å²) in [6.07, 6.45) is 1.50. The van der Waals surface area contributed by atoms with Crippen molar-refractivity contribution in [3.63, 3.8) is 0 Å². The number of carbonyl (C=O) groups excluding carboxylic acids is 3. The molecule has 0 aromatic heterocycles. The van der Waals surface area contributed by atoms with E-state index in [1.807, 2.05) is 65.3 Å².